The zero-order valence-corrected chi connectivity index (χ0v) is 16.3. The highest BCUT2D eigenvalue weighted by atomic mass is 16.5. The van der Waals surface area contributed by atoms with Gasteiger partial charge in [0.1, 0.15) is 23.8 Å². The SMILES string of the molecule is COc1ccc(OCCn2c3ccccc3n3c(=O)c(CCC(=O)O)nnc23)cc1. The van der Waals surface area contributed by atoms with Crippen LogP contribution >= 0.6 is 0 Å². The Labute approximate surface area is 171 Å². The normalized spacial score (nSPS) is 11.1. The van der Waals surface area contributed by atoms with Crippen LogP contribution in [0.1, 0.15) is 12.1 Å². The first-order valence-corrected chi connectivity index (χ1v) is 9.42. The van der Waals surface area contributed by atoms with Gasteiger partial charge in [0.15, 0.2) is 0 Å². The molecule has 0 fully saturated rings. The van der Waals surface area contributed by atoms with Crippen LogP contribution in [0.25, 0.3) is 16.8 Å². The molecule has 0 bridgehead atoms. The van der Waals surface area contributed by atoms with E-state index >= 15 is 0 Å². The molecule has 30 heavy (non-hydrogen) atoms. The number of ether oxygens (including phenoxy) is 2. The van der Waals surface area contributed by atoms with Crippen molar-refractivity contribution in [2.75, 3.05) is 13.7 Å². The van der Waals surface area contributed by atoms with Crippen LogP contribution in [-0.4, -0.2) is 44.0 Å². The number of rotatable bonds is 8. The molecule has 0 atom stereocenters. The van der Waals surface area contributed by atoms with Gasteiger partial charge in [0.25, 0.3) is 5.56 Å². The number of hydrogen-bond acceptors (Lipinski definition) is 6. The summed E-state index contributed by atoms with van der Waals surface area (Å²) >= 11 is 0. The summed E-state index contributed by atoms with van der Waals surface area (Å²) in [6, 6.07) is 14.7. The molecule has 0 radical (unpaired) electrons. The van der Waals surface area contributed by atoms with Gasteiger partial charge in [0, 0.05) is 6.42 Å². The Morgan fingerprint density at radius 2 is 1.73 bits per heavy atom. The number of carboxylic acids is 1. The first-order chi connectivity index (χ1) is 14.6. The Hall–Kier alpha value is -3.88. The summed E-state index contributed by atoms with van der Waals surface area (Å²) in [7, 11) is 1.61. The average molecular weight is 408 g/mol. The van der Waals surface area contributed by atoms with Crippen LogP contribution in [0.3, 0.4) is 0 Å². The fourth-order valence-corrected chi connectivity index (χ4v) is 3.32. The Morgan fingerprint density at radius 3 is 2.43 bits per heavy atom. The van der Waals surface area contributed by atoms with E-state index in [1.54, 1.807) is 7.11 Å². The third-order valence-electron chi connectivity index (χ3n) is 4.78. The van der Waals surface area contributed by atoms with Gasteiger partial charge < -0.3 is 19.1 Å². The number of aliphatic carboxylic acids is 1. The Morgan fingerprint density at radius 1 is 1.03 bits per heavy atom. The molecule has 0 aliphatic rings. The molecular formula is C21H20N4O5. The molecule has 0 saturated carbocycles. The van der Waals surface area contributed by atoms with E-state index in [0.29, 0.717) is 30.2 Å². The van der Waals surface area contributed by atoms with E-state index in [9.17, 15) is 9.59 Å². The van der Waals surface area contributed by atoms with Gasteiger partial charge in [0.2, 0.25) is 5.78 Å². The van der Waals surface area contributed by atoms with Crippen LogP contribution in [-0.2, 0) is 17.8 Å². The number of fused-ring (bicyclic) bond motifs is 3. The summed E-state index contributed by atoms with van der Waals surface area (Å²) in [5.74, 6) is 0.854. The van der Waals surface area contributed by atoms with Crippen LogP contribution in [0.15, 0.2) is 53.3 Å². The molecule has 4 aromatic rings. The van der Waals surface area contributed by atoms with E-state index in [0.717, 1.165) is 11.3 Å². The average Bonchev–Trinajstić information content (AvgIpc) is 3.08. The molecule has 0 aliphatic carbocycles. The summed E-state index contributed by atoms with van der Waals surface area (Å²) in [5.41, 5.74) is 1.28. The van der Waals surface area contributed by atoms with Crippen LogP contribution in [0.2, 0.25) is 0 Å². The molecule has 2 aromatic carbocycles. The topological polar surface area (TPSA) is 108 Å². The maximum Gasteiger partial charge on any atom is 0.303 e. The van der Waals surface area contributed by atoms with Crippen molar-refractivity contribution < 1.29 is 19.4 Å². The lowest BCUT2D eigenvalue weighted by Gasteiger charge is -2.09. The van der Waals surface area contributed by atoms with E-state index in [-0.39, 0.29) is 24.1 Å². The second kappa shape index (κ2) is 8.24. The summed E-state index contributed by atoms with van der Waals surface area (Å²) in [6.07, 6.45) is -0.144. The van der Waals surface area contributed by atoms with Crippen molar-refractivity contribution in [3.63, 3.8) is 0 Å². The van der Waals surface area contributed by atoms with Crippen LogP contribution in [0.4, 0.5) is 0 Å². The molecule has 1 N–H and O–H groups in total. The minimum Gasteiger partial charge on any atom is -0.497 e. The highest BCUT2D eigenvalue weighted by molar-refractivity contribution is 5.80. The predicted molar refractivity (Wildman–Crippen MR) is 109 cm³/mol. The van der Waals surface area contributed by atoms with Gasteiger partial charge in [-0.05, 0) is 36.4 Å². The number of carboxylic acid groups (broad SMARTS) is 1. The second-order valence-corrected chi connectivity index (χ2v) is 6.65. The van der Waals surface area contributed by atoms with Crippen molar-refractivity contribution in [2.24, 2.45) is 0 Å². The van der Waals surface area contributed by atoms with Crippen molar-refractivity contribution in [2.45, 2.75) is 19.4 Å². The van der Waals surface area contributed by atoms with Gasteiger partial charge in [-0.3, -0.25) is 9.59 Å². The quantitative estimate of drug-likeness (QED) is 0.476. The summed E-state index contributed by atoms with van der Waals surface area (Å²) in [5, 5.41) is 17.1. The van der Waals surface area contributed by atoms with Gasteiger partial charge in [-0.15, -0.1) is 10.2 Å². The number of carbonyl (C=O) groups is 1. The monoisotopic (exact) mass is 408 g/mol. The third kappa shape index (κ3) is 3.69. The molecule has 0 aliphatic heterocycles. The molecule has 9 nitrogen and oxygen atoms in total. The smallest absolute Gasteiger partial charge is 0.303 e. The zero-order chi connectivity index (χ0) is 21.1. The largest absolute Gasteiger partial charge is 0.497 e. The Balaban J connectivity index is 1.65. The minimum absolute atomic E-state index is 0.0319. The van der Waals surface area contributed by atoms with Crippen molar-refractivity contribution in [1.29, 1.82) is 0 Å². The number of benzene rings is 2. The number of aromatic nitrogens is 4. The molecule has 0 amide bonds. The lowest BCUT2D eigenvalue weighted by Crippen LogP contribution is -2.23. The van der Waals surface area contributed by atoms with E-state index in [2.05, 4.69) is 10.2 Å². The molecule has 2 aromatic heterocycles. The Kier molecular flexibility index (Phi) is 5.34. The molecule has 9 heteroatoms. The van der Waals surface area contributed by atoms with Crippen molar-refractivity contribution in [1.82, 2.24) is 19.2 Å². The number of hydrogen-bond donors (Lipinski definition) is 1. The van der Waals surface area contributed by atoms with Crippen molar-refractivity contribution in [3.05, 3.63) is 64.6 Å². The number of imidazole rings is 1. The number of para-hydroxylation sites is 2. The van der Waals surface area contributed by atoms with Crippen molar-refractivity contribution >= 4 is 22.8 Å². The summed E-state index contributed by atoms with van der Waals surface area (Å²) < 4.78 is 14.3. The van der Waals surface area contributed by atoms with Gasteiger partial charge in [-0.2, -0.15) is 0 Å². The highest BCUT2D eigenvalue weighted by Crippen LogP contribution is 2.20. The maximum absolute atomic E-state index is 12.9. The fourth-order valence-electron chi connectivity index (χ4n) is 3.32. The first-order valence-electron chi connectivity index (χ1n) is 9.42. The standard InChI is InChI=1S/C21H20N4O5/c1-29-14-6-8-15(9-7-14)30-13-12-24-17-4-2-3-5-18(17)25-20(28)16(10-11-19(26)27)22-23-21(24)25/h2-9H,10-13H2,1H3,(H,26,27). The molecule has 0 unspecified atom stereocenters. The summed E-state index contributed by atoms with van der Waals surface area (Å²) in [4.78, 5) is 23.8. The maximum atomic E-state index is 12.9. The van der Waals surface area contributed by atoms with Gasteiger partial charge >= 0.3 is 5.97 Å². The van der Waals surface area contributed by atoms with Crippen LogP contribution in [0.5, 0.6) is 11.5 Å². The van der Waals surface area contributed by atoms with E-state index < -0.39 is 5.97 Å². The van der Waals surface area contributed by atoms with E-state index in [4.69, 9.17) is 14.6 Å². The van der Waals surface area contributed by atoms with E-state index in [1.807, 2.05) is 53.1 Å². The van der Waals surface area contributed by atoms with Gasteiger partial charge in [0.05, 0.1) is 31.1 Å². The van der Waals surface area contributed by atoms with Gasteiger partial charge in [-0.1, -0.05) is 12.1 Å². The Bertz CT molecular complexity index is 1260. The summed E-state index contributed by atoms with van der Waals surface area (Å²) in [6.45, 7) is 0.808. The molecule has 2 heterocycles. The molecular weight excluding hydrogens is 388 g/mol. The third-order valence-corrected chi connectivity index (χ3v) is 4.78. The minimum atomic E-state index is -0.987. The lowest BCUT2D eigenvalue weighted by molar-refractivity contribution is -0.136. The molecule has 4 rings (SSSR count). The van der Waals surface area contributed by atoms with E-state index in [1.165, 1.54) is 4.40 Å². The lowest BCUT2D eigenvalue weighted by atomic mass is 10.2. The van der Waals surface area contributed by atoms with Gasteiger partial charge in [-0.25, -0.2) is 4.40 Å². The first kappa shape index (κ1) is 19.4. The molecule has 154 valence electrons. The number of methoxy groups -OCH3 is 1. The van der Waals surface area contributed by atoms with Crippen LogP contribution < -0.4 is 15.0 Å². The molecule has 0 spiro atoms. The number of aryl methyl sites for hydroxylation is 1. The molecule has 0 saturated heterocycles. The van der Waals surface area contributed by atoms with Crippen molar-refractivity contribution in [3.8, 4) is 11.5 Å². The highest BCUT2D eigenvalue weighted by Gasteiger charge is 2.17. The predicted octanol–water partition coefficient (Wildman–Crippen LogP) is 2.15. The van der Waals surface area contributed by atoms with Crippen LogP contribution in [0, 0.1) is 0 Å². The second-order valence-electron chi connectivity index (χ2n) is 6.65. The number of nitrogens with zero attached hydrogens (tertiary/aromatic N) is 4. The fraction of sp³-hybridized carbons (Fsp3) is 0.238. The zero-order valence-electron chi connectivity index (χ0n) is 16.3.